The molecular formula is C26H22F4N8. The molecular weight excluding hydrogens is 500 g/mol. The first-order chi connectivity index (χ1) is 18.4. The van der Waals surface area contributed by atoms with Crippen LogP contribution in [-0.2, 0) is 12.7 Å². The number of aromatic amines is 1. The number of imidazole rings is 1. The zero-order valence-electron chi connectivity index (χ0n) is 20.0. The Hall–Kier alpha value is -4.32. The fourth-order valence-corrected chi connectivity index (χ4v) is 4.78. The van der Waals surface area contributed by atoms with Gasteiger partial charge in [-0.25, -0.2) is 19.3 Å². The second-order valence-electron chi connectivity index (χ2n) is 9.08. The Labute approximate surface area is 214 Å². The van der Waals surface area contributed by atoms with E-state index in [0.717, 1.165) is 17.8 Å². The minimum atomic E-state index is -4.48. The predicted octanol–water partition coefficient (Wildman–Crippen LogP) is 4.74. The third-order valence-electron chi connectivity index (χ3n) is 6.75. The van der Waals surface area contributed by atoms with Gasteiger partial charge in [0.05, 0.1) is 24.0 Å². The van der Waals surface area contributed by atoms with E-state index >= 15 is 0 Å². The zero-order chi connectivity index (χ0) is 26.3. The normalized spacial score (nSPS) is 16.8. The van der Waals surface area contributed by atoms with Crippen molar-refractivity contribution < 1.29 is 17.6 Å². The van der Waals surface area contributed by atoms with E-state index in [0.29, 0.717) is 48.9 Å². The van der Waals surface area contributed by atoms with Crippen molar-refractivity contribution in [2.24, 2.45) is 0 Å². The molecule has 8 nitrogen and oxygen atoms in total. The molecule has 1 aliphatic rings. The van der Waals surface area contributed by atoms with Crippen molar-refractivity contribution >= 4 is 11.5 Å². The van der Waals surface area contributed by atoms with Gasteiger partial charge in [0.2, 0.25) is 0 Å². The van der Waals surface area contributed by atoms with Crippen LogP contribution in [0.15, 0.2) is 73.4 Å². The summed E-state index contributed by atoms with van der Waals surface area (Å²) in [6, 6.07) is 10.7. The van der Waals surface area contributed by atoms with Crippen molar-refractivity contribution in [2.75, 3.05) is 24.5 Å². The maximum Gasteiger partial charge on any atom is 0.417 e. The van der Waals surface area contributed by atoms with Crippen LogP contribution in [0.4, 0.5) is 23.4 Å². The molecule has 1 aliphatic heterocycles. The number of alkyl halides is 3. The van der Waals surface area contributed by atoms with Gasteiger partial charge >= 0.3 is 6.18 Å². The number of nitrogens with zero attached hydrogens (tertiary/aromatic N) is 7. The van der Waals surface area contributed by atoms with Gasteiger partial charge in [-0.1, -0.05) is 18.2 Å². The highest BCUT2D eigenvalue weighted by Crippen LogP contribution is 2.32. The van der Waals surface area contributed by atoms with E-state index in [4.69, 9.17) is 4.98 Å². The van der Waals surface area contributed by atoms with E-state index in [1.165, 1.54) is 22.7 Å². The van der Waals surface area contributed by atoms with Crippen LogP contribution in [0.5, 0.6) is 0 Å². The molecule has 0 radical (unpaired) electrons. The molecule has 1 aromatic carbocycles. The highest BCUT2D eigenvalue weighted by molar-refractivity contribution is 5.59. The molecule has 6 rings (SSSR count). The van der Waals surface area contributed by atoms with Crippen LogP contribution in [0.2, 0.25) is 0 Å². The van der Waals surface area contributed by atoms with Crippen LogP contribution in [0.25, 0.3) is 17.2 Å². The molecule has 1 unspecified atom stereocenters. The molecule has 1 fully saturated rings. The number of hydrogen-bond donors (Lipinski definition) is 1. The summed E-state index contributed by atoms with van der Waals surface area (Å²) in [5.41, 5.74) is 1.52. The average molecular weight is 523 g/mol. The first-order valence-corrected chi connectivity index (χ1v) is 12.0. The SMILES string of the molecule is Fc1ccccc1CN1CCN(c2ccnc(-c3cnc4ccc(C(F)(F)F)cn34)n2)CC1c1cn[nH]c1. The molecule has 4 aromatic heterocycles. The fraction of sp³-hybridized carbons (Fsp3) is 0.231. The minimum Gasteiger partial charge on any atom is -0.353 e. The molecule has 0 bridgehead atoms. The maximum atomic E-state index is 14.4. The fourth-order valence-electron chi connectivity index (χ4n) is 4.78. The van der Waals surface area contributed by atoms with Crippen molar-refractivity contribution in [1.29, 1.82) is 0 Å². The molecule has 194 valence electrons. The summed E-state index contributed by atoms with van der Waals surface area (Å²) >= 11 is 0. The molecule has 0 spiro atoms. The summed E-state index contributed by atoms with van der Waals surface area (Å²) in [5, 5.41) is 6.95. The van der Waals surface area contributed by atoms with Gasteiger partial charge < -0.3 is 4.90 Å². The zero-order valence-corrected chi connectivity index (χ0v) is 20.0. The molecule has 0 amide bonds. The van der Waals surface area contributed by atoms with E-state index in [1.807, 2.05) is 12.3 Å². The third-order valence-corrected chi connectivity index (χ3v) is 6.75. The Balaban J connectivity index is 1.30. The van der Waals surface area contributed by atoms with E-state index in [9.17, 15) is 17.6 Å². The summed E-state index contributed by atoms with van der Waals surface area (Å²) < 4.78 is 55.7. The number of H-pyrrole nitrogens is 1. The van der Waals surface area contributed by atoms with Crippen LogP contribution in [0, 0.1) is 5.82 Å². The molecule has 0 aliphatic carbocycles. The number of piperazine rings is 1. The van der Waals surface area contributed by atoms with Crippen molar-refractivity contribution in [2.45, 2.75) is 18.8 Å². The number of nitrogens with one attached hydrogen (secondary N) is 1. The highest BCUT2D eigenvalue weighted by Gasteiger charge is 2.32. The molecule has 38 heavy (non-hydrogen) atoms. The second kappa shape index (κ2) is 9.53. The number of pyridine rings is 1. The van der Waals surface area contributed by atoms with Gasteiger partial charge in [-0.15, -0.1) is 0 Å². The Morgan fingerprint density at radius 2 is 1.87 bits per heavy atom. The number of hydrogen-bond acceptors (Lipinski definition) is 6. The van der Waals surface area contributed by atoms with Gasteiger partial charge in [0.15, 0.2) is 5.82 Å². The van der Waals surface area contributed by atoms with Crippen LogP contribution in [0.1, 0.15) is 22.7 Å². The van der Waals surface area contributed by atoms with Gasteiger partial charge in [0, 0.05) is 55.9 Å². The molecule has 0 saturated carbocycles. The number of rotatable bonds is 5. The molecule has 12 heteroatoms. The number of anilines is 1. The van der Waals surface area contributed by atoms with Crippen LogP contribution in [-0.4, -0.2) is 54.1 Å². The second-order valence-corrected chi connectivity index (χ2v) is 9.08. The van der Waals surface area contributed by atoms with E-state index < -0.39 is 11.7 Å². The van der Waals surface area contributed by atoms with Crippen molar-refractivity contribution in [3.63, 3.8) is 0 Å². The average Bonchev–Trinajstić information content (AvgIpc) is 3.60. The minimum absolute atomic E-state index is 0.0920. The van der Waals surface area contributed by atoms with Gasteiger partial charge in [0.1, 0.15) is 23.0 Å². The number of aromatic nitrogens is 6. The van der Waals surface area contributed by atoms with Crippen LogP contribution >= 0.6 is 0 Å². The van der Waals surface area contributed by atoms with Gasteiger partial charge in [-0.2, -0.15) is 18.3 Å². The Morgan fingerprint density at radius 1 is 1.00 bits per heavy atom. The molecule has 5 heterocycles. The lowest BCUT2D eigenvalue weighted by atomic mass is 10.0. The third kappa shape index (κ3) is 4.58. The van der Waals surface area contributed by atoms with Crippen molar-refractivity contribution in [1.82, 2.24) is 34.4 Å². The largest absolute Gasteiger partial charge is 0.417 e. The summed E-state index contributed by atoms with van der Waals surface area (Å²) in [7, 11) is 0. The Bertz CT molecular complexity index is 1560. The highest BCUT2D eigenvalue weighted by atomic mass is 19.4. The Kier molecular flexibility index (Phi) is 6.03. The lowest BCUT2D eigenvalue weighted by Gasteiger charge is -2.41. The number of halogens is 4. The van der Waals surface area contributed by atoms with Crippen LogP contribution in [0.3, 0.4) is 0 Å². The number of benzene rings is 1. The lowest BCUT2D eigenvalue weighted by molar-refractivity contribution is -0.137. The smallest absolute Gasteiger partial charge is 0.353 e. The summed E-state index contributed by atoms with van der Waals surface area (Å²) in [6.45, 7) is 2.24. The maximum absolute atomic E-state index is 14.4. The Morgan fingerprint density at radius 3 is 2.66 bits per heavy atom. The lowest BCUT2D eigenvalue weighted by Crippen LogP contribution is -2.48. The van der Waals surface area contributed by atoms with Gasteiger partial charge in [0.25, 0.3) is 0 Å². The van der Waals surface area contributed by atoms with E-state index in [1.54, 1.807) is 30.6 Å². The quantitative estimate of drug-likeness (QED) is 0.336. The molecule has 1 atom stereocenters. The molecule has 1 N–H and O–H groups in total. The summed E-state index contributed by atoms with van der Waals surface area (Å²) in [4.78, 5) is 17.5. The van der Waals surface area contributed by atoms with Crippen molar-refractivity contribution in [3.05, 3.63) is 96.0 Å². The number of fused-ring (bicyclic) bond motifs is 1. The van der Waals surface area contributed by atoms with Crippen molar-refractivity contribution in [3.8, 4) is 11.5 Å². The standard InChI is InChI=1S/C26H22F4N8/c27-20-4-2-1-3-17(20)14-36-9-10-37(16-22(36)18-11-33-34-12-18)24-7-8-31-25(35-24)21-13-32-23-6-5-19(15-38(21)23)26(28,29)30/h1-8,11-13,15,22H,9-10,14,16H2,(H,33,34). The monoisotopic (exact) mass is 522 g/mol. The van der Waals surface area contributed by atoms with E-state index in [-0.39, 0.29) is 17.7 Å². The molecule has 5 aromatic rings. The van der Waals surface area contributed by atoms with Gasteiger partial charge in [-0.3, -0.25) is 14.4 Å². The first-order valence-electron chi connectivity index (χ1n) is 12.0. The van der Waals surface area contributed by atoms with Crippen LogP contribution < -0.4 is 4.90 Å². The summed E-state index contributed by atoms with van der Waals surface area (Å²) in [6.07, 6.45) is 3.15. The topological polar surface area (TPSA) is 78.2 Å². The van der Waals surface area contributed by atoms with Gasteiger partial charge in [-0.05, 0) is 24.3 Å². The molecule has 1 saturated heterocycles. The predicted molar refractivity (Wildman–Crippen MR) is 132 cm³/mol. The summed E-state index contributed by atoms with van der Waals surface area (Å²) in [5.74, 6) is 0.655. The van der Waals surface area contributed by atoms with E-state index in [2.05, 4.69) is 30.0 Å². The first kappa shape index (κ1) is 24.0.